The zero-order valence-electron chi connectivity index (χ0n) is 15.7. The summed E-state index contributed by atoms with van der Waals surface area (Å²) >= 11 is 3.10. The average molecular weight is 414 g/mol. The predicted octanol–water partition coefficient (Wildman–Crippen LogP) is 4.12. The summed E-state index contributed by atoms with van der Waals surface area (Å²) in [6.07, 6.45) is 2.04. The van der Waals surface area contributed by atoms with Crippen LogP contribution in [0.4, 0.5) is 0 Å². The normalized spacial score (nSPS) is 11.4. The number of hydrogen-bond donors (Lipinski definition) is 1. The highest BCUT2D eigenvalue weighted by atomic mass is 32.2. The van der Waals surface area contributed by atoms with Gasteiger partial charge in [0, 0.05) is 22.7 Å². The summed E-state index contributed by atoms with van der Waals surface area (Å²) in [5, 5.41) is 4.71. The van der Waals surface area contributed by atoms with E-state index in [0.29, 0.717) is 40.2 Å². The Morgan fingerprint density at radius 1 is 1.21 bits per heavy atom. The number of fused-ring (bicyclic) bond motifs is 1. The minimum absolute atomic E-state index is 0.0665. The van der Waals surface area contributed by atoms with Gasteiger partial charge in [-0.1, -0.05) is 16.9 Å². The second-order valence-electron chi connectivity index (χ2n) is 6.19. The highest BCUT2D eigenvalue weighted by Crippen LogP contribution is 2.24. The molecule has 1 aromatic carbocycles. The van der Waals surface area contributed by atoms with Gasteiger partial charge in [0.25, 0.3) is 5.56 Å². The van der Waals surface area contributed by atoms with Gasteiger partial charge in [-0.15, -0.1) is 11.8 Å². The first kappa shape index (κ1) is 18.8. The van der Waals surface area contributed by atoms with Crippen LogP contribution in [-0.2, 0) is 12.3 Å². The van der Waals surface area contributed by atoms with E-state index in [1.54, 1.807) is 16.3 Å². The van der Waals surface area contributed by atoms with E-state index in [1.165, 1.54) is 16.7 Å². The lowest BCUT2D eigenvalue weighted by Crippen LogP contribution is -2.22. The zero-order chi connectivity index (χ0) is 19.7. The first-order valence-corrected chi connectivity index (χ1v) is 11.0. The Kier molecular flexibility index (Phi) is 5.27. The van der Waals surface area contributed by atoms with Gasteiger partial charge in [0.1, 0.15) is 5.52 Å². The van der Waals surface area contributed by atoms with Gasteiger partial charge < -0.3 is 9.51 Å². The molecule has 0 spiro atoms. The minimum Gasteiger partial charge on any atom is -0.353 e. The minimum atomic E-state index is -0.0665. The van der Waals surface area contributed by atoms with E-state index in [0.717, 1.165) is 11.3 Å². The van der Waals surface area contributed by atoms with E-state index in [9.17, 15) is 4.79 Å². The number of nitrogens with one attached hydrogen (secondary N) is 1. The topological polar surface area (TPSA) is 89.6 Å². The quantitative estimate of drug-likeness (QED) is 0.376. The molecule has 144 valence electrons. The van der Waals surface area contributed by atoms with Crippen molar-refractivity contribution in [2.45, 2.75) is 36.2 Å². The van der Waals surface area contributed by atoms with Gasteiger partial charge in [-0.2, -0.15) is 4.98 Å². The standard InChI is InChI=1S/C19H19N5O2S2/c1-4-24-18(25)16-14(9-11(2)20-16)21-19(24)28-10-15-22-17(23-26-15)12-5-7-13(27-3)8-6-12/h5-9,20H,4,10H2,1-3H3. The maximum absolute atomic E-state index is 12.7. The Morgan fingerprint density at radius 3 is 2.71 bits per heavy atom. The monoisotopic (exact) mass is 413 g/mol. The first-order chi connectivity index (χ1) is 13.6. The van der Waals surface area contributed by atoms with E-state index < -0.39 is 0 Å². The van der Waals surface area contributed by atoms with E-state index in [4.69, 9.17) is 4.52 Å². The molecule has 7 nitrogen and oxygen atoms in total. The highest BCUT2D eigenvalue weighted by Gasteiger charge is 2.15. The van der Waals surface area contributed by atoms with E-state index in [-0.39, 0.29) is 5.56 Å². The number of thioether (sulfide) groups is 2. The van der Waals surface area contributed by atoms with Crippen molar-refractivity contribution < 1.29 is 4.52 Å². The fraction of sp³-hybridized carbons (Fsp3) is 0.263. The number of H-pyrrole nitrogens is 1. The second-order valence-corrected chi connectivity index (χ2v) is 8.01. The molecule has 0 aliphatic carbocycles. The molecule has 0 amide bonds. The van der Waals surface area contributed by atoms with Crippen LogP contribution >= 0.6 is 23.5 Å². The number of aromatic amines is 1. The van der Waals surface area contributed by atoms with Crippen LogP contribution in [0.15, 0.2) is 49.7 Å². The summed E-state index contributed by atoms with van der Waals surface area (Å²) in [7, 11) is 0. The molecule has 0 saturated heterocycles. The van der Waals surface area contributed by atoms with Gasteiger partial charge in [-0.25, -0.2) is 4.98 Å². The summed E-state index contributed by atoms with van der Waals surface area (Å²) in [4.78, 5) is 26.0. The van der Waals surface area contributed by atoms with Crippen molar-refractivity contribution in [3.63, 3.8) is 0 Å². The van der Waals surface area contributed by atoms with Gasteiger partial charge >= 0.3 is 0 Å². The van der Waals surface area contributed by atoms with Gasteiger partial charge in [-0.3, -0.25) is 9.36 Å². The fourth-order valence-corrected chi connectivity index (χ4v) is 4.21. The molecule has 4 aromatic rings. The van der Waals surface area contributed by atoms with Gasteiger partial charge in [0.2, 0.25) is 11.7 Å². The maximum atomic E-state index is 12.7. The van der Waals surface area contributed by atoms with Crippen molar-refractivity contribution in [1.82, 2.24) is 24.7 Å². The number of hydrogen-bond acceptors (Lipinski definition) is 7. The Labute approximate surface area is 170 Å². The van der Waals surface area contributed by atoms with Crippen molar-refractivity contribution in [3.05, 3.63) is 52.3 Å². The van der Waals surface area contributed by atoms with Crippen LogP contribution in [0.25, 0.3) is 22.4 Å². The molecule has 0 atom stereocenters. The van der Waals surface area contributed by atoms with Crippen LogP contribution < -0.4 is 5.56 Å². The first-order valence-electron chi connectivity index (χ1n) is 8.79. The molecule has 0 unspecified atom stereocenters. The molecule has 0 radical (unpaired) electrons. The molecule has 28 heavy (non-hydrogen) atoms. The average Bonchev–Trinajstić information content (AvgIpc) is 3.33. The van der Waals surface area contributed by atoms with Crippen LogP contribution in [0, 0.1) is 6.92 Å². The Balaban J connectivity index is 1.56. The van der Waals surface area contributed by atoms with Crippen molar-refractivity contribution in [1.29, 1.82) is 0 Å². The molecule has 1 N–H and O–H groups in total. The zero-order valence-corrected chi connectivity index (χ0v) is 17.4. The number of nitrogens with zero attached hydrogens (tertiary/aromatic N) is 4. The molecule has 0 aliphatic heterocycles. The largest absolute Gasteiger partial charge is 0.353 e. The van der Waals surface area contributed by atoms with Crippen molar-refractivity contribution >= 4 is 34.6 Å². The van der Waals surface area contributed by atoms with Gasteiger partial charge in [0.05, 0.1) is 11.3 Å². The summed E-state index contributed by atoms with van der Waals surface area (Å²) in [5.41, 5.74) is 2.97. The molecule has 3 heterocycles. The Bertz CT molecular complexity index is 1180. The lowest BCUT2D eigenvalue weighted by molar-refractivity contribution is 0.391. The molecule has 0 saturated carbocycles. The van der Waals surface area contributed by atoms with E-state index >= 15 is 0 Å². The molecule has 0 bridgehead atoms. The lowest BCUT2D eigenvalue weighted by atomic mass is 10.2. The van der Waals surface area contributed by atoms with Crippen LogP contribution in [0.5, 0.6) is 0 Å². The molecular weight excluding hydrogens is 394 g/mol. The number of aromatic nitrogens is 5. The predicted molar refractivity (Wildman–Crippen MR) is 112 cm³/mol. The Morgan fingerprint density at radius 2 is 2.00 bits per heavy atom. The Hall–Kier alpha value is -2.52. The number of aryl methyl sites for hydroxylation is 1. The van der Waals surface area contributed by atoms with Gasteiger partial charge in [0.15, 0.2) is 5.16 Å². The smallest absolute Gasteiger partial charge is 0.278 e. The third-order valence-electron chi connectivity index (χ3n) is 4.29. The summed E-state index contributed by atoms with van der Waals surface area (Å²) in [6, 6.07) is 9.90. The van der Waals surface area contributed by atoms with E-state index in [2.05, 4.69) is 20.1 Å². The summed E-state index contributed by atoms with van der Waals surface area (Å²) in [5.74, 6) is 1.49. The van der Waals surface area contributed by atoms with Gasteiger partial charge in [-0.05, 0) is 50.4 Å². The van der Waals surface area contributed by atoms with Crippen LogP contribution in [0.3, 0.4) is 0 Å². The molecule has 4 rings (SSSR count). The third kappa shape index (κ3) is 3.59. The SMILES string of the molecule is CCn1c(SCc2nc(-c3ccc(SC)cc3)no2)nc2cc(C)[nH]c2c1=O. The molecule has 9 heteroatoms. The molecule has 3 aromatic heterocycles. The molecular formula is C19H19N5O2S2. The third-order valence-corrected chi connectivity index (χ3v) is 6.00. The summed E-state index contributed by atoms with van der Waals surface area (Å²) < 4.78 is 7.04. The van der Waals surface area contributed by atoms with Crippen LogP contribution in [0.2, 0.25) is 0 Å². The van der Waals surface area contributed by atoms with Crippen molar-refractivity contribution in [2.75, 3.05) is 6.26 Å². The van der Waals surface area contributed by atoms with E-state index in [1.807, 2.05) is 50.4 Å². The van der Waals surface area contributed by atoms with Crippen LogP contribution in [-0.4, -0.2) is 30.9 Å². The van der Waals surface area contributed by atoms with Crippen molar-refractivity contribution in [2.24, 2.45) is 0 Å². The lowest BCUT2D eigenvalue weighted by Gasteiger charge is -2.08. The highest BCUT2D eigenvalue weighted by molar-refractivity contribution is 7.98. The maximum Gasteiger partial charge on any atom is 0.278 e. The van der Waals surface area contributed by atoms with Crippen LogP contribution in [0.1, 0.15) is 18.5 Å². The molecule has 0 aliphatic rings. The number of rotatable bonds is 6. The second kappa shape index (κ2) is 7.84. The van der Waals surface area contributed by atoms with Crippen molar-refractivity contribution in [3.8, 4) is 11.4 Å². The molecule has 0 fully saturated rings. The summed E-state index contributed by atoms with van der Waals surface area (Å²) in [6.45, 7) is 4.38. The number of benzene rings is 1. The fourth-order valence-electron chi connectivity index (χ4n) is 2.90.